The number of carbonyl (C=O) groups is 2. The number of hydrazone groups is 1. The molecule has 1 heterocycles. The molecule has 0 saturated carbocycles. The third-order valence-corrected chi connectivity index (χ3v) is 4.30. The smallest absolute Gasteiger partial charge is 0.255 e. The quantitative estimate of drug-likeness (QED) is 0.780. The highest BCUT2D eigenvalue weighted by Gasteiger charge is 2.32. The van der Waals surface area contributed by atoms with Gasteiger partial charge in [0.25, 0.3) is 5.91 Å². The zero-order valence-electron chi connectivity index (χ0n) is 13.7. The first-order valence-corrected chi connectivity index (χ1v) is 8.35. The van der Waals surface area contributed by atoms with E-state index in [2.05, 4.69) is 5.10 Å². The Morgan fingerprint density at radius 3 is 2.44 bits per heavy atom. The predicted octanol–water partition coefficient (Wildman–Crippen LogP) is 4.41. The number of nitrogens with zero attached hydrogens (tertiary/aromatic N) is 3. The first-order valence-electron chi connectivity index (χ1n) is 7.59. The fraction of sp³-hybridized carbons (Fsp3) is 0.167. The highest BCUT2D eigenvalue weighted by Crippen LogP contribution is 2.30. The zero-order valence-corrected chi connectivity index (χ0v) is 15.2. The van der Waals surface area contributed by atoms with Crippen LogP contribution in [0.1, 0.15) is 18.9 Å². The summed E-state index contributed by atoms with van der Waals surface area (Å²) in [6.45, 7) is 3.32. The van der Waals surface area contributed by atoms with Gasteiger partial charge in [-0.1, -0.05) is 29.3 Å². The van der Waals surface area contributed by atoms with Crippen LogP contribution in [-0.4, -0.2) is 17.6 Å². The Hall–Kier alpha value is -2.37. The van der Waals surface area contributed by atoms with Crippen LogP contribution in [0, 0.1) is 6.92 Å². The molecule has 0 saturated heterocycles. The van der Waals surface area contributed by atoms with E-state index in [1.807, 2.05) is 13.0 Å². The average Bonchev–Trinajstić information content (AvgIpc) is 2.92. The first-order chi connectivity index (χ1) is 11.9. The summed E-state index contributed by atoms with van der Waals surface area (Å²) >= 11 is 12.2. The molecule has 0 aromatic heterocycles. The summed E-state index contributed by atoms with van der Waals surface area (Å²) in [6, 6.07) is 12.1. The molecule has 25 heavy (non-hydrogen) atoms. The number of rotatable bonds is 2. The van der Waals surface area contributed by atoms with Crippen molar-refractivity contribution in [2.24, 2.45) is 5.10 Å². The molecule has 2 amide bonds. The van der Waals surface area contributed by atoms with E-state index in [4.69, 9.17) is 23.2 Å². The molecular weight excluding hydrogens is 361 g/mol. The van der Waals surface area contributed by atoms with E-state index in [-0.39, 0.29) is 18.2 Å². The number of amidine groups is 1. The Bertz CT molecular complexity index is 878. The predicted molar refractivity (Wildman–Crippen MR) is 100 cm³/mol. The summed E-state index contributed by atoms with van der Waals surface area (Å²) in [5.74, 6) is -0.166. The van der Waals surface area contributed by atoms with Gasteiger partial charge in [-0.2, -0.15) is 10.1 Å². The van der Waals surface area contributed by atoms with Crippen LogP contribution in [0.2, 0.25) is 10.0 Å². The van der Waals surface area contributed by atoms with Crippen molar-refractivity contribution in [2.75, 3.05) is 9.91 Å². The van der Waals surface area contributed by atoms with Gasteiger partial charge < -0.3 is 0 Å². The summed E-state index contributed by atoms with van der Waals surface area (Å²) < 4.78 is 0. The van der Waals surface area contributed by atoms with Crippen LogP contribution in [0.15, 0.2) is 47.6 Å². The molecule has 3 rings (SSSR count). The van der Waals surface area contributed by atoms with Crippen molar-refractivity contribution in [3.63, 3.8) is 0 Å². The molecule has 0 aliphatic carbocycles. The number of aryl methyl sites for hydroxylation is 1. The molecule has 2 aromatic rings. The van der Waals surface area contributed by atoms with Gasteiger partial charge in [0.05, 0.1) is 22.8 Å². The van der Waals surface area contributed by atoms with Gasteiger partial charge in [-0.15, -0.1) is 0 Å². The van der Waals surface area contributed by atoms with Gasteiger partial charge in [0, 0.05) is 11.9 Å². The lowest BCUT2D eigenvalue weighted by Gasteiger charge is -2.21. The van der Waals surface area contributed by atoms with Crippen LogP contribution in [0.25, 0.3) is 0 Å². The van der Waals surface area contributed by atoms with Gasteiger partial charge in [0.2, 0.25) is 5.91 Å². The fourth-order valence-electron chi connectivity index (χ4n) is 2.61. The number of hydrogen-bond acceptors (Lipinski definition) is 3. The van der Waals surface area contributed by atoms with Crippen LogP contribution in [0.4, 0.5) is 11.4 Å². The molecule has 128 valence electrons. The van der Waals surface area contributed by atoms with Crippen LogP contribution < -0.4 is 9.91 Å². The highest BCUT2D eigenvalue weighted by atomic mass is 35.5. The molecule has 5 nitrogen and oxygen atoms in total. The topological polar surface area (TPSA) is 53.0 Å². The minimum Gasteiger partial charge on any atom is -0.274 e. The molecule has 1 aliphatic rings. The maximum Gasteiger partial charge on any atom is 0.255 e. The minimum atomic E-state index is -0.268. The molecule has 0 fully saturated rings. The van der Waals surface area contributed by atoms with E-state index in [0.29, 0.717) is 27.3 Å². The molecule has 1 aliphatic heterocycles. The maximum atomic E-state index is 12.4. The van der Waals surface area contributed by atoms with Gasteiger partial charge in [-0.3, -0.25) is 14.5 Å². The summed E-state index contributed by atoms with van der Waals surface area (Å²) in [5.41, 5.74) is 2.07. The third-order valence-electron chi connectivity index (χ3n) is 3.75. The van der Waals surface area contributed by atoms with Crippen LogP contribution >= 0.6 is 23.2 Å². The van der Waals surface area contributed by atoms with Crippen molar-refractivity contribution in [2.45, 2.75) is 20.3 Å². The van der Waals surface area contributed by atoms with E-state index < -0.39 is 0 Å². The Labute approximate surface area is 155 Å². The van der Waals surface area contributed by atoms with Crippen LogP contribution in [0.3, 0.4) is 0 Å². The highest BCUT2D eigenvalue weighted by molar-refractivity contribution is 6.36. The molecule has 0 atom stereocenters. The number of halogens is 2. The Balaban J connectivity index is 2.00. The van der Waals surface area contributed by atoms with E-state index >= 15 is 0 Å². The second-order valence-electron chi connectivity index (χ2n) is 5.68. The van der Waals surface area contributed by atoms with Gasteiger partial charge in [0.15, 0.2) is 0 Å². The van der Waals surface area contributed by atoms with Crippen molar-refractivity contribution in [1.82, 2.24) is 0 Å². The SMILES string of the molecule is CC(=O)N(C1=NN(c2ccc(Cl)cc2)C(=O)C1)c1ccc(C)cc1Cl. The average molecular weight is 376 g/mol. The van der Waals surface area contributed by atoms with E-state index in [9.17, 15) is 9.59 Å². The van der Waals surface area contributed by atoms with Crippen molar-refractivity contribution in [3.8, 4) is 0 Å². The lowest BCUT2D eigenvalue weighted by molar-refractivity contribution is -0.116. The molecule has 0 N–H and O–H groups in total. The Kier molecular flexibility index (Phi) is 4.79. The normalized spacial score (nSPS) is 13.8. The summed E-state index contributed by atoms with van der Waals surface area (Å²) in [5, 5.41) is 6.59. The van der Waals surface area contributed by atoms with Gasteiger partial charge >= 0.3 is 0 Å². The lowest BCUT2D eigenvalue weighted by atomic mass is 10.2. The van der Waals surface area contributed by atoms with E-state index in [1.165, 1.54) is 16.8 Å². The number of anilines is 2. The molecule has 0 radical (unpaired) electrons. The Morgan fingerprint density at radius 2 is 1.84 bits per heavy atom. The largest absolute Gasteiger partial charge is 0.274 e. The van der Waals surface area contributed by atoms with Gasteiger partial charge in [-0.25, -0.2) is 0 Å². The molecule has 2 aromatic carbocycles. The molecule has 0 spiro atoms. The minimum absolute atomic E-state index is 0.00636. The maximum absolute atomic E-state index is 12.4. The molecule has 0 unspecified atom stereocenters. The second kappa shape index (κ2) is 6.86. The first kappa shape index (κ1) is 17.5. The number of benzene rings is 2. The van der Waals surface area contributed by atoms with E-state index in [1.54, 1.807) is 36.4 Å². The van der Waals surface area contributed by atoms with Crippen molar-refractivity contribution >= 4 is 52.2 Å². The standard InChI is InChI=1S/C18H15Cl2N3O2/c1-11-3-8-16(15(20)9-11)22(12(2)24)17-10-18(25)23(21-17)14-6-4-13(19)5-7-14/h3-9H,10H2,1-2H3. The van der Waals surface area contributed by atoms with Gasteiger partial charge in [0.1, 0.15) is 5.84 Å². The van der Waals surface area contributed by atoms with E-state index in [0.717, 1.165) is 5.56 Å². The van der Waals surface area contributed by atoms with Gasteiger partial charge in [-0.05, 0) is 48.9 Å². The summed E-state index contributed by atoms with van der Waals surface area (Å²) in [6.07, 6.45) is 0.00636. The summed E-state index contributed by atoms with van der Waals surface area (Å²) in [4.78, 5) is 25.9. The lowest BCUT2D eigenvalue weighted by Crippen LogP contribution is -2.34. The van der Waals surface area contributed by atoms with Crippen molar-refractivity contribution in [1.29, 1.82) is 0 Å². The number of hydrogen-bond donors (Lipinski definition) is 0. The third kappa shape index (κ3) is 3.52. The molecular formula is C18H15Cl2N3O2. The molecule has 7 heteroatoms. The zero-order chi connectivity index (χ0) is 18.1. The number of carbonyl (C=O) groups excluding carboxylic acids is 2. The fourth-order valence-corrected chi connectivity index (χ4v) is 3.05. The monoisotopic (exact) mass is 375 g/mol. The second-order valence-corrected chi connectivity index (χ2v) is 6.53. The van der Waals surface area contributed by atoms with Crippen molar-refractivity contribution in [3.05, 3.63) is 58.1 Å². The summed E-state index contributed by atoms with van der Waals surface area (Å²) in [7, 11) is 0. The van der Waals surface area contributed by atoms with Crippen molar-refractivity contribution < 1.29 is 9.59 Å². The molecule has 0 bridgehead atoms. The Morgan fingerprint density at radius 1 is 1.16 bits per heavy atom. The van der Waals surface area contributed by atoms with Crippen LogP contribution in [-0.2, 0) is 9.59 Å². The number of amides is 2. The van der Waals surface area contributed by atoms with Crippen LogP contribution in [0.5, 0.6) is 0 Å².